The highest BCUT2D eigenvalue weighted by Crippen LogP contribution is 2.42. The molecule has 5 rings (SSSR count). The minimum Gasteiger partial charge on any atom is -0.493 e. The minimum atomic E-state index is -0.291. The van der Waals surface area contributed by atoms with Crippen LogP contribution in [0.5, 0.6) is 17.4 Å². The van der Waals surface area contributed by atoms with E-state index in [2.05, 4.69) is 47.3 Å². The second-order valence-electron chi connectivity index (χ2n) is 9.85. The third-order valence-electron chi connectivity index (χ3n) is 7.19. The van der Waals surface area contributed by atoms with E-state index in [1.165, 1.54) is 18.2 Å². The van der Waals surface area contributed by atoms with E-state index in [-0.39, 0.29) is 18.6 Å². The molecule has 0 spiro atoms. The molecular weight excluding hydrogens is 508 g/mol. The molecule has 40 heavy (non-hydrogen) atoms. The predicted molar refractivity (Wildman–Crippen MR) is 150 cm³/mol. The van der Waals surface area contributed by atoms with E-state index < -0.39 is 0 Å². The normalized spacial score (nSPS) is 14.4. The number of hydrogen-bond donors (Lipinski definition) is 1. The Morgan fingerprint density at radius 2 is 1.93 bits per heavy atom. The molecule has 208 valence electrons. The summed E-state index contributed by atoms with van der Waals surface area (Å²) in [4.78, 5) is 23.8. The number of aryl methyl sites for hydroxylation is 2. The molecule has 2 aromatic carbocycles. The molecule has 0 saturated heterocycles. The van der Waals surface area contributed by atoms with E-state index in [4.69, 9.17) is 18.6 Å². The van der Waals surface area contributed by atoms with Crippen molar-refractivity contribution in [3.05, 3.63) is 100 Å². The van der Waals surface area contributed by atoms with E-state index in [9.17, 15) is 4.79 Å². The van der Waals surface area contributed by atoms with Crippen molar-refractivity contribution in [2.75, 3.05) is 27.4 Å². The molecule has 2 aromatic heterocycles. The number of ether oxygens (including phenoxy) is 3. The molecule has 9 nitrogen and oxygen atoms in total. The highest BCUT2D eigenvalue weighted by atomic mass is 16.5. The molecule has 0 radical (unpaired) electrons. The van der Waals surface area contributed by atoms with E-state index in [1.54, 1.807) is 20.4 Å². The van der Waals surface area contributed by atoms with E-state index in [0.717, 1.165) is 27.8 Å². The van der Waals surface area contributed by atoms with Crippen LogP contribution in [-0.4, -0.2) is 48.3 Å². The van der Waals surface area contributed by atoms with Gasteiger partial charge in [-0.1, -0.05) is 29.8 Å². The molecule has 0 aliphatic carbocycles. The van der Waals surface area contributed by atoms with Gasteiger partial charge in [0.2, 0.25) is 5.88 Å². The Hall–Kier alpha value is -4.53. The van der Waals surface area contributed by atoms with Crippen molar-refractivity contribution < 1.29 is 23.4 Å². The lowest BCUT2D eigenvalue weighted by molar-refractivity contribution is 0.179. The maximum absolute atomic E-state index is 13.5. The van der Waals surface area contributed by atoms with Gasteiger partial charge in [-0.25, -0.2) is 14.8 Å². The second-order valence-corrected chi connectivity index (χ2v) is 9.85. The number of nitrogens with zero attached hydrogens (tertiary/aromatic N) is 3. The first-order valence-electron chi connectivity index (χ1n) is 13.3. The van der Waals surface area contributed by atoms with Gasteiger partial charge < -0.3 is 28.8 Å². The number of carbonyl (C=O) groups is 1. The number of amides is 2. The van der Waals surface area contributed by atoms with Gasteiger partial charge >= 0.3 is 6.03 Å². The highest BCUT2D eigenvalue weighted by Gasteiger charge is 2.34. The fourth-order valence-electron chi connectivity index (χ4n) is 5.14. The summed E-state index contributed by atoms with van der Waals surface area (Å²) >= 11 is 0. The van der Waals surface area contributed by atoms with E-state index in [1.807, 2.05) is 29.2 Å². The maximum atomic E-state index is 13.5. The van der Waals surface area contributed by atoms with E-state index in [0.29, 0.717) is 49.1 Å². The molecule has 1 unspecified atom stereocenters. The maximum Gasteiger partial charge on any atom is 0.318 e. The number of rotatable bonds is 9. The lowest BCUT2D eigenvalue weighted by Crippen LogP contribution is -2.46. The number of pyridine rings is 1. The Kier molecular flexibility index (Phi) is 8.19. The van der Waals surface area contributed by atoms with Gasteiger partial charge in [0.25, 0.3) is 0 Å². The van der Waals surface area contributed by atoms with Gasteiger partial charge in [-0.15, -0.1) is 0 Å². The van der Waals surface area contributed by atoms with Crippen LogP contribution in [0.2, 0.25) is 0 Å². The van der Waals surface area contributed by atoms with Crippen LogP contribution in [0.1, 0.15) is 45.1 Å². The number of urea groups is 1. The van der Waals surface area contributed by atoms with Gasteiger partial charge in [-0.05, 0) is 60.2 Å². The molecule has 3 heterocycles. The molecular formula is C31H34N4O5. The second kappa shape index (κ2) is 12.1. The Balaban J connectivity index is 1.44. The van der Waals surface area contributed by atoms with Gasteiger partial charge in [0, 0.05) is 25.2 Å². The Morgan fingerprint density at radius 1 is 1.05 bits per heavy atom. The molecule has 9 heteroatoms. The summed E-state index contributed by atoms with van der Waals surface area (Å²) in [7, 11) is 3.25. The first-order chi connectivity index (χ1) is 19.5. The molecule has 1 atom stereocenters. The summed E-state index contributed by atoms with van der Waals surface area (Å²) in [5, 5.41) is 3.01. The van der Waals surface area contributed by atoms with Crippen molar-refractivity contribution >= 4 is 6.03 Å². The highest BCUT2D eigenvalue weighted by molar-refractivity contribution is 5.76. The summed E-state index contributed by atoms with van der Waals surface area (Å²) in [5.41, 5.74) is 7.24. The lowest BCUT2D eigenvalue weighted by Gasteiger charge is -2.38. The summed E-state index contributed by atoms with van der Waals surface area (Å²) < 4.78 is 22.2. The lowest BCUT2D eigenvalue weighted by atomic mass is 9.85. The van der Waals surface area contributed by atoms with Gasteiger partial charge in [0.05, 0.1) is 39.1 Å². The number of carbonyl (C=O) groups excluding carboxylic acids is 1. The Morgan fingerprint density at radius 3 is 2.62 bits per heavy atom. The molecule has 0 bridgehead atoms. The number of benzene rings is 2. The van der Waals surface area contributed by atoms with E-state index >= 15 is 0 Å². The van der Waals surface area contributed by atoms with Crippen LogP contribution in [0.3, 0.4) is 0 Å². The van der Waals surface area contributed by atoms with Gasteiger partial charge in [0.15, 0.2) is 17.9 Å². The first kappa shape index (κ1) is 27.1. The minimum absolute atomic E-state index is 0.163. The molecule has 1 aliphatic rings. The third kappa shape index (κ3) is 5.88. The third-order valence-corrected chi connectivity index (χ3v) is 7.19. The number of aromatic nitrogens is 2. The summed E-state index contributed by atoms with van der Waals surface area (Å²) in [6, 6.07) is 13.8. The van der Waals surface area contributed by atoms with Crippen molar-refractivity contribution in [3.8, 4) is 17.4 Å². The predicted octanol–water partition coefficient (Wildman–Crippen LogP) is 5.18. The molecule has 4 aromatic rings. The fraction of sp³-hybridized carbons (Fsp3) is 0.323. The smallest absolute Gasteiger partial charge is 0.318 e. The van der Waals surface area contributed by atoms with Crippen LogP contribution in [0.15, 0.2) is 65.7 Å². The molecule has 1 N–H and O–H groups in total. The quantitative estimate of drug-likeness (QED) is 0.311. The van der Waals surface area contributed by atoms with Crippen LogP contribution in [0, 0.1) is 13.8 Å². The van der Waals surface area contributed by atoms with Crippen LogP contribution in [-0.2, 0) is 19.4 Å². The number of nitrogens with one attached hydrogen (secondary N) is 1. The number of hydrogen-bond acceptors (Lipinski definition) is 7. The molecule has 0 saturated carbocycles. The van der Waals surface area contributed by atoms with Crippen LogP contribution in [0.4, 0.5) is 4.79 Å². The van der Waals surface area contributed by atoms with Gasteiger partial charge in [0.1, 0.15) is 6.26 Å². The van der Waals surface area contributed by atoms with Crippen LogP contribution in [0.25, 0.3) is 0 Å². The van der Waals surface area contributed by atoms with Crippen molar-refractivity contribution in [2.24, 2.45) is 0 Å². The zero-order valence-corrected chi connectivity index (χ0v) is 23.3. The summed E-state index contributed by atoms with van der Waals surface area (Å²) in [6.07, 6.45) is 6.05. The standard InChI is InChI=1S/C31H34N4O5/c1-20-5-7-25(21(2)13-20)30-26-15-28(40-12-10-22-6-8-29(38-4)32-16-22)27(37-3)14-23(26)9-11-35(30)31(36)33-17-24-18-39-19-34-24/h5-8,13-16,18-19,30H,9-12,17H2,1-4H3,(H,33,36). The van der Waals surface area contributed by atoms with Crippen molar-refractivity contribution in [1.29, 1.82) is 0 Å². The SMILES string of the molecule is COc1ccc(CCOc2cc3c(cc2OC)CCN(C(=O)NCc2cocn2)C3c2ccc(C)cc2C)cn1. The van der Waals surface area contributed by atoms with Crippen LogP contribution < -0.4 is 19.5 Å². The average molecular weight is 543 g/mol. The van der Waals surface area contributed by atoms with Crippen molar-refractivity contribution in [2.45, 2.75) is 39.3 Å². The zero-order chi connectivity index (χ0) is 28.1. The zero-order valence-electron chi connectivity index (χ0n) is 23.3. The van der Waals surface area contributed by atoms with Crippen molar-refractivity contribution in [1.82, 2.24) is 20.2 Å². The number of oxazole rings is 1. The number of methoxy groups -OCH3 is 2. The summed E-state index contributed by atoms with van der Waals surface area (Å²) in [6.45, 7) is 5.45. The monoisotopic (exact) mass is 542 g/mol. The Bertz CT molecular complexity index is 1450. The van der Waals surface area contributed by atoms with Gasteiger partial charge in [-0.2, -0.15) is 0 Å². The Labute approximate surface area is 234 Å². The van der Waals surface area contributed by atoms with Crippen molar-refractivity contribution in [3.63, 3.8) is 0 Å². The summed E-state index contributed by atoms with van der Waals surface area (Å²) in [5.74, 6) is 1.89. The largest absolute Gasteiger partial charge is 0.493 e. The first-order valence-corrected chi connectivity index (χ1v) is 13.3. The number of fused-ring (bicyclic) bond motifs is 1. The van der Waals surface area contributed by atoms with Gasteiger partial charge in [-0.3, -0.25) is 0 Å². The van der Waals surface area contributed by atoms with Crippen LogP contribution >= 0.6 is 0 Å². The average Bonchev–Trinajstić information content (AvgIpc) is 3.49. The molecule has 0 fully saturated rings. The molecule has 2 amide bonds. The topological polar surface area (TPSA) is 99.0 Å². The molecule has 1 aliphatic heterocycles. The fourth-order valence-corrected chi connectivity index (χ4v) is 5.14.